The number of aromatic amines is 1. The molecule has 5 rings (SSSR count). The maximum Gasteiger partial charge on any atom is 0.326 e. The number of para-hydroxylation sites is 1. The number of carbonyl (C=O) groups is 5. The van der Waals surface area contributed by atoms with Crippen molar-refractivity contribution in [1.82, 2.24) is 26.3 Å². The third-order valence-corrected chi connectivity index (χ3v) is 9.12. The zero-order valence-electron chi connectivity index (χ0n) is 30.1. The van der Waals surface area contributed by atoms with E-state index >= 15 is 0 Å². The van der Waals surface area contributed by atoms with Gasteiger partial charge in [-0.25, -0.2) is 4.79 Å². The van der Waals surface area contributed by atoms with Gasteiger partial charge in [-0.3, -0.25) is 19.2 Å². The molecule has 55 heavy (non-hydrogen) atoms. The number of carboxylic acids is 1. The number of fused-ring (bicyclic) bond motifs is 1. The number of rotatable bonds is 17. The van der Waals surface area contributed by atoms with Crippen molar-refractivity contribution in [3.05, 3.63) is 132 Å². The van der Waals surface area contributed by atoms with Gasteiger partial charge in [0.1, 0.15) is 35.7 Å². The summed E-state index contributed by atoms with van der Waals surface area (Å²) in [5, 5.41) is 41.1. The highest BCUT2D eigenvalue weighted by molar-refractivity contribution is 5.96. The predicted molar refractivity (Wildman–Crippen MR) is 205 cm³/mol. The Hall–Kier alpha value is -6.67. The summed E-state index contributed by atoms with van der Waals surface area (Å²) in [5.74, 6) is -4.16. The molecule has 4 aromatic carbocycles. The molecule has 5 aromatic rings. The summed E-state index contributed by atoms with van der Waals surface area (Å²) in [7, 11) is 0. The van der Waals surface area contributed by atoms with Crippen LogP contribution < -0.4 is 27.0 Å². The molecule has 0 spiro atoms. The highest BCUT2D eigenvalue weighted by Gasteiger charge is 2.32. The van der Waals surface area contributed by atoms with E-state index in [1.165, 1.54) is 31.2 Å². The van der Waals surface area contributed by atoms with Crippen LogP contribution >= 0.6 is 0 Å². The van der Waals surface area contributed by atoms with Gasteiger partial charge in [0, 0.05) is 36.4 Å². The topological polar surface area (TPSA) is 236 Å². The standard InChI is InChI=1S/C41H44N6O8/c1-24(44-38(51)32(42)19-25-7-3-2-4-8-25)37(50)45-34(20-26-11-15-29(48)16-12-26)39(52)46-35(21-27-13-17-30(49)18-14-27)40(53)47-36(41(54)55)22-28-23-43-33-10-6-5-9-31(28)33/h2-18,23-24,32,34-36,43,48-49H,19-22,42H2,1H3,(H,44,51)(H,45,50)(H,46,52)(H,47,53)(H,54,55)/t24-,32-,34-,35-,36-/m1/s1. The number of carboxylic acid groups (broad SMARTS) is 1. The number of amides is 4. The van der Waals surface area contributed by atoms with Crippen LogP contribution in [0.2, 0.25) is 0 Å². The number of carbonyl (C=O) groups excluding carboxylic acids is 4. The van der Waals surface area contributed by atoms with Crippen LogP contribution in [0, 0.1) is 0 Å². The summed E-state index contributed by atoms with van der Waals surface area (Å²) in [4.78, 5) is 69.9. The van der Waals surface area contributed by atoms with Crippen LogP contribution in [-0.4, -0.2) is 80.1 Å². The second kappa shape index (κ2) is 18.4. The van der Waals surface area contributed by atoms with Crippen molar-refractivity contribution in [2.75, 3.05) is 0 Å². The molecule has 14 heteroatoms. The maximum atomic E-state index is 14.1. The van der Waals surface area contributed by atoms with E-state index < -0.39 is 59.8 Å². The van der Waals surface area contributed by atoms with Crippen LogP contribution in [0.3, 0.4) is 0 Å². The lowest BCUT2D eigenvalue weighted by Gasteiger charge is -2.26. The molecule has 14 nitrogen and oxygen atoms in total. The van der Waals surface area contributed by atoms with Gasteiger partial charge in [0.25, 0.3) is 0 Å². The number of benzene rings is 4. The van der Waals surface area contributed by atoms with Crippen LogP contribution in [0.1, 0.15) is 29.2 Å². The molecule has 1 heterocycles. The van der Waals surface area contributed by atoms with Crippen molar-refractivity contribution >= 4 is 40.5 Å². The molecule has 0 radical (unpaired) electrons. The van der Waals surface area contributed by atoms with Crippen LogP contribution in [0.5, 0.6) is 11.5 Å². The van der Waals surface area contributed by atoms with Gasteiger partial charge in [-0.2, -0.15) is 0 Å². The van der Waals surface area contributed by atoms with Gasteiger partial charge in [-0.15, -0.1) is 0 Å². The molecule has 0 aliphatic rings. The number of aromatic nitrogens is 1. The van der Waals surface area contributed by atoms with E-state index in [0.29, 0.717) is 16.7 Å². The number of nitrogens with one attached hydrogen (secondary N) is 5. The van der Waals surface area contributed by atoms with Crippen LogP contribution in [-0.2, 0) is 49.7 Å². The van der Waals surface area contributed by atoms with Gasteiger partial charge in [0.15, 0.2) is 0 Å². The first-order chi connectivity index (χ1) is 26.4. The number of phenolic OH excluding ortho intramolecular Hbond substituents is 2. The zero-order valence-corrected chi connectivity index (χ0v) is 30.1. The average molecular weight is 749 g/mol. The van der Waals surface area contributed by atoms with E-state index in [2.05, 4.69) is 26.3 Å². The lowest BCUT2D eigenvalue weighted by Crippen LogP contribution is -2.59. The minimum atomic E-state index is -1.36. The van der Waals surface area contributed by atoms with Crippen LogP contribution in [0.4, 0.5) is 0 Å². The molecule has 0 aliphatic heterocycles. The summed E-state index contributed by atoms with van der Waals surface area (Å²) in [6.07, 6.45) is 1.70. The number of hydrogen-bond donors (Lipinski definition) is 9. The smallest absolute Gasteiger partial charge is 0.326 e. The Morgan fingerprint density at radius 3 is 1.64 bits per heavy atom. The minimum Gasteiger partial charge on any atom is -0.508 e. The van der Waals surface area contributed by atoms with Crippen molar-refractivity contribution in [1.29, 1.82) is 0 Å². The second-order valence-electron chi connectivity index (χ2n) is 13.4. The summed E-state index contributed by atoms with van der Waals surface area (Å²) in [6.45, 7) is 1.44. The number of nitrogens with two attached hydrogens (primary N) is 1. The lowest BCUT2D eigenvalue weighted by atomic mass is 10.0. The molecule has 5 atom stereocenters. The first-order valence-electron chi connectivity index (χ1n) is 17.7. The molecular weight excluding hydrogens is 704 g/mol. The second-order valence-corrected chi connectivity index (χ2v) is 13.4. The lowest BCUT2D eigenvalue weighted by molar-refractivity contribution is -0.142. The molecule has 0 fully saturated rings. The fourth-order valence-corrected chi connectivity index (χ4v) is 6.06. The van der Waals surface area contributed by atoms with Gasteiger partial charge < -0.3 is 47.3 Å². The van der Waals surface area contributed by atoms with Crippen LogP contribution in [0.15, 0.2) is 109 Å². The summed E-state index contributed by atoms with van der Waals surface area (Å²) >= 11 is 0. The minimum absolute atomic E-state index is 0.0109. The van der Waals surface area contributed by atoms with Gasteiger partial charge in [-0.05, 0) is 65.9 Å². The van der Waals surface area contributed by atoms with Crippen molar-refractivity contribution in [3.63, 3.8) is 0 Å². The molecule has 0 saturated heterocycles. The van der Waals surface area contributed by atoms with Gasteiger partial charge in [0.05, 0.1) is 6.04 Å². The molecule has 0 unspecified atom stereocenters. The summed E-state index contributed by atoms with van der Waals surface area (Å²) in [6, 6.07) is 22.4. The fraction of sp³-hybridized carbons (Fsp3) is 0.244. The highest BCUT2D eigenvalue weighted by atomic mass is 16.4. The van der Waals surface area contributed by atoms with Gasteiger partial charge in [-0.1, -0.05) is 72.8 Å². The molecule has 286 valence electrons. The van der Waals surface area contributed by atoms with Gasteiger partial charge in [0.2, 0.25) is 23.6 Å². The largest absolute Gasteiger partial charge is 0.508 e. The van der Waals surface area contributed by atoms with E-state index in [1.807, 2.05) is 54.6 Å². The van der Waals surface area contributed by atoms with E-state index in [-0.39, 0.29) is 37.2 Å². The molecule has 10 N–H and O–H groups in total. The number of phenols is 2. The molecule has 1 aromatic heterocycles. The highest BCUT2D eigenvalue weighted by Crippen LogP contribution is 2.20. The number of hydrogen-bond acceptors (Lipinski definition) is 8. The number of aliphatic carboxylic acids is 1. The Bertz CT molecular complexity index is 2100. The monoisotopic (exact) mass is 748 g/mol. The normalized spacial score (nSPS) is 13.8. The molecular formula is C41H44N6O8. The Balaban J connectivity index is 1.34. The first-order valence-corrected chi connectivity index (χ1v) is 17.7. The Morgan fingerprint density at radius 1 is 0.582 bits per heavy atom. The Morgan fingerprint density at radius 2 is 1.07 bits per heavy atom. The maximum absolute atomic E-state index is 14.1. The zero-order chi connectivity index (χ0) is 39.5. The van der Waals surface area contributed by atoms with Crippen molar-refractivity contribution in [2.24, 2.45) is 5.73 Å². The third kappa shape index (κ3) is 11.2. The SMILES string of the molecule is C[C@@H](NC(=O)[C@H](N)Cc1ccccc1)C(=O)N[C@H](Cc1ccc(O)cc1)C(=O)N[C@H](Cc1ccc(O)cc1)C(=O)N[C@H](Cc1c[nH]c2ccccc12)C(=O)O. The van der Waals surface area contributed by atoms with E-state index in [1.54, 1.807) is 30.5 Å². The van der Waals surface area contributed by atoms with Crippen molar-refractivity contribution < 1.29 is 39.3 Å². The Labute approximate surface area is 317 Å². The quantitative estimate of drug-likeness (QED) is 0.0677. The van der Waals surface area contributed by atoms with Gasteiger partial charge >= 0.3 is 5.97 Å². The van der Waals surface area contributed by atoms with Crippen LogP contribution in [0.25, 0.3) is 10.9 Å². The van der Waals surface area contributed by atoms with E-state index in [9.17, 15) is 39.3 Å². The van der Waals surface area contributed by atoms with Crippen molar-refractivity contribution in [2.45, 2.75) is 62.8 Å². The predicted octanol–water partition coefficient (Wildman–Crippen LogP) is 2.22. The summed E-state index contributed by atoms with van der Waals surface area (Å²) < 4.78 is 0. The number of H-pyrrole nitrogens is 1. The fourth-order valence-electron chi connectivity index (χ4n) is 6.06. The van der Waals surface area contributed by atoms with E-state index in [0.717, 1.165) is 16.5 Å². The first kappa shape index (κ1) is 39.5. The molecule has 0 aliphatic carbocycles. The molecule has 0 bridgehead atoms. The average Bonchev–Trinajstić information content (AvgIpc) is 3.58. The van der Waals surface area contributed by atoms with Crippen molar-refractivity contribution in [3.8, 4) is 11.5 Å². The molecule has 0 saturated carbocycles. The van der Waals surface area contributed by atoms with E-state index in [4.69, 9.17) is 5.73 Å². The number of aromatic hydroxyl groups is 2. The summed E-state index contributed by atoms with van der Waals surface area (Å²) in [5.41, 5.74) is 9.53. The Kier molecular flexibility index (Phi) is 13.2. The third-order valence-electron chi connectivity index (χ3n) is 9.12. The molecule has 4 amide bonds.